The van der Waals surface area contributed by atoms with Gasteiger partial charge in [-0.05, 0) is 44.5 Å². The summed E-state index contributed by atoms with van der Waals surface area (Å²) in [4.78, 5) is 16.7. The Hall–Kier alpha value is -2.43. The Morgan fingerprint density at radius 1 is 1.24 bits per heavy atom. The van der Waals surface area contributed by atoms with Crippen molar-refractivity contribution in [3.05, 3.63) is 47.1 Å². The van der Waals surface area contributed by atoms with Crippen LogP contribution in [0.4, 0.5) is 14.5 Å². The van der Waals surface area contributed by atoms with Gasteiger partial charge in [0.15, 0.2) is 0 Å². The molecule has 0 aliphatic carbocycles. The predicted molar refractivity (Wildman–Crippen MR) is 109 cm³/mol. The summed E-state index contributed by atoms with van der Waals surface area (Å²) >= 11 is 2.17. The molecule has 10 heteroatoms. The summed E-state index contributed by atoms with van der Waals surface area (Å²) in [5.41, 5.74) is 0.298. The minimum absolute atomic E-state index is 0.0657. The van der Waals surface area contributed by atoms with Crippen LogP contribution in [0, 0.1) is 11.6 Å². The first-order chi connectivity index (χ1) is 14.1. The Kier molecular flexibility index (Phi) is 6.12. The molecular formula is C19H18F2N4O2S2. The topological polar surface area (TPSA) is 76.1 Å². The molecule has 1 aliphatic heterocycles. The highest BCUT2D eigenvalue weighted by molar-refractivity contribution is 7.13. The van der Waals surface area contributed by atoms with Crippen LogP contribution in [0.5, 0.6) is 5.06 Å². The quantitative estimate of drug-likeness (QED) is 0.623. The van der Waals surface area contributed by atoms with E-state index in [0.717, 1.165) is 55.8 Å². The number of nitrogens with zero attached hydrogens (tertiary/aromatic N) is 2. The van der Waals surface area contributed by atoms with E-state index in [1.165, 1.54) is 29.2 Å². The van der Waals surface area contributed by atoms with Crippen LogP contribution in [0.2, 0.25) is 0 Å². The average molecular weight is 437 g/mol. The number of ether oxygens (including phenoxy) is 1. The number of halogens is 2. The van der Waals surface area contributed by atoms with E-state index in [9.17, 15) is 13.6 Å². The molecule has 3 heterocycles. The van der Waals surface area contributed by atoms with E-state index in [1.54, 1.807) is 0 Å². The highest BCUT2D eigenvalue weighted by Gasteiger charge is 2.21. The summed E-state index contributed by atoms with van der Waals surface area (Å²) in [7, 11) is 0. The van der Waals surface area contributed by atoms with Gasteiger partial charge < -0.3 is 15.4 Å². The molecule has 0 saturated carbocycles. The lowest BCUT2D eigenvalue weighted by Gasteiger charge is -2.16. The Morgan fingerprint density at radius 3 is 2.90 bits per heavy atom. The second kappa shape index (κ2) is 8.93. The van der Waals surface area contributed by atoms with E-state index in [4.69, 9.17) is 4.74 Å². The van der Waals surface area contributed by atoms with Crippen LogP contribution in [0.1, 0.15) is 29.8 Å². The standard InChI is InChI=1S/C19H18F2N4O2S2/c20-12-4-1-5-13(21)16(12)18-25-15(10-28-18)17(26)24-14-9-23-29-19(14)27-11-3-2-7-22-8-6-11/h1,4-5,9-11,22H,2-3,6-8H2,(H,24,26). The van der Waals surface area contributed by atoms with Gasteiger partial charge in [0, 0.05) is 16.9 Å². The first-order valence-corrected chi connectivity index (χ1v) is 10.8. The number of anilines is 1. The molecule has 0 spiro atoms. The molecule has 1 aliphatic rings. The normalized spacial score (nSPS) is 17.0. The van der Waals surface area contributed by atoms with Gasteiger partial charge in [-0.15, -0.1) is 11.3 Å². The van der Waals surface area contributed by atoms with Crippen molar-refractivity contribution in [3.63, 3.8) is 0 Å². The summed E-state index contributed by atoms with van der Waals surface area (Å²) in [5, 5.41) is 8.17. The molecule has 1 unspecified atom stereocenters. The average Bonchev–Trinajstić information content (AvgIpc) is 3.26. The van der Waals surface area contributed by atoms with Crippen LogP contribution < -0.4 is 15.4 Å². The van der Waals surface area contributed by atoms with E-state index in [1.807, 2.05) is 0 Å². The summed E-state index contributed by atoms with van der Waals surface area (Å²) < 4.78 is 38.0. The van der Waals surface area contributed by atoms with Gasteiger partial charge in [0.1, 0.15) is 34.1 Å². The number of carbonyl (C=O) groups excluding carboxylic acids is 1. The maximum Gasteiger partial charge on any atom is 0.275 e. The molecule has 3 aromatic rings. The molecule has 0 bridgehead atoms. The Bertz CT molecular complexity index is 980. The Labute approximate surface area is 174 Å². The molecule has 4 rings (SSSR count). The van der Waals surface area contributed by atoms with Crippen molar-refractivity contribution in [2.75, 3.05) is 18.4 Å². The van der Waals surface area contributed by atoms with Gasteiger partial charge in [0.25, 0.3) is 5.91 Å². The van der Waals surface area contributed by atoms with Gasteiger partial charge >= 0.3 is 0 Å². The van der Waals surface area contributed by atoms with E-state index in [-0.39, 0.29) is 22.4 Å². The van der Waals surface area contributed by atoms with Gasteiger partial charge in [-0.2, -0.15) is 4.37 Å². The van der Waals surface area contributed by atoms with Crippen molar-refractivity contribution < 1.29 is 18.3 Å². The lowest BCUT2D eigenvalue weighted by Crippen LogP contribution is -2.20. The fourth-order valence-electron chi connectivity index (χ4n) is 3.03. The lowest BCUT2D eigenvalue weighted by molar-refractivity contribution is 0.102. The maximum atomic E-state index is 14.0. The smallest absolute Gasteiger partial charge is 0.275 e. The second-order valence-electron chi connectivity index (χ2n) is 6.54. The number of carbonyl (C=O) groups is 1. The van der Waals surface area contributed by atoms with Crippen LogP contribution in [0.25, 0.3) is 10.6 Å². The minimum Gasteiger partial charge on any atom is -0.478 e. The number of hydrogen-bond donors (Lipinski definition) is 2. The van der Waals surface area contributed by atoms with Crippen molar-refractivity contribution in [1.82, 2.24) is 14.7 Å². The van der Waals surface area contributed by atoms with Crippen LogP contribution in [-0.2, 0) is 0 Å². The fourth-order valence-corrected chi connectivity index (χ4v) is 4.52. The van der Waals surface area contributed by atoms with Gasteiger partial charge in [-0.3, -0.25) is 4.79 Å². The molecule has 29 heavy (non-hydrogen) atoms. The number of thiazole rings is 1. The number of rotatable bonds is 5. The third kappa shape index (κ3) is 4.60. The van der Waals surface area contributed by atoms with Gasteiger partial charge in [-0.25, -0.2) is 13.8 Å². The zero-order valence-electron chi connectivity index (χ0n) is 15.3. The molecule has 1 amide bonds. The largest absolute Gasteiger partial charge is 0.478 e. The van der Waals surface area contributed by atoms with Crippen LogP contribution in [0.3, 0.4) is 0 Å². The second-order valence-corrected chi connectivity index (χ2v) is 8.16. The summed E-state index contributed by atoms with van der Waals surface area (Å²) in [6.07, 6.45) is 4.43. The minimum atomic E-state index is -0.720. The molecule has 0 radical (unpaired) electrons. The summed E-state index contributed by atoms with van der Waals surface area (Å²) in [6.45, 7) is 1.86. The summed E-state index contributed by atoms with van der Waals surface area (Å²) in [6, 6.07) is 3.59. The molecule has 1 atom stereocenters. The fraction of sp³-hybridized carbons (Fsp3) is 0.316. The first-order valence-electron chi connectivity index (χ1n) is 9.15. The van der Waals surface area contributed by atoms with E-state index in [2.05, 4.69) is 20.0 Å². The highest BCUT2D eigenvalue weighted by atomic mass is 32.1. The summed E-state index contributed by atoms with van der Waals surface area (Å²) in [5.74, 6) is -1.93. The Morgan fingerprint density at radius 2 is 2.07 bits per heavy atom. The number of nitrogens with one attached hydrogen (secondary N) is 2. The van der Waals surface area contributed by atoms with Crippen molar-refractivity contribution >= 4 is 34.5 Å². The number of benzene rings is 1. The number of aromatic nitrogens is 2. The monoisotopic (exact) mass is 436 g/mol. The lowest BCUT2D eigenvalue weighted by atomic mass is 10.2. The highest BCUT2D eigenvalue weighted by Crippen LogP contribution is 2.33. The zero-order chi connectivity index (χ0) is 20.2. The zero-order valence-corrected chi connectivity index (χ0v) is 16.9. The molecule has 1 saturated heterocycles. The van der Waals surface area contributed by atoms with Crippen molar-refractivity contribution in [2.24, 2.45) is 0 Å². The maximum absolute atomic E-state index is 14.0. The van der Waals surface area contributed by atoms with E-state index >= 15 is 0 Å². The van der Waals surface area contributed by atoms with Crippen molar-refractivity contribution in [3.8, 4) is 15.6 Å². The van der Waals surface area contributed by atoms with Gasteiger partial charge in [-0.1, -0.05) is 6.07 Å². The van der Waals surface area contributed by atoms with Crippen LogP contribution >= 0.6 is 22.9 Å². The molecule has 2 aromatic heterocycles. The molecule has 152 valence electrons. The Balaban J connectivity index is 1.47. The van der Waals surface area contributed by atoms with Crippen LogP contribution in [-0.4, -0.2) is 34.5 Å². The molecule has 1 aromatic carbocycles. The number of hydrogen-bond acceptors (Lipinski definition) is 7. The predicted octanol–water partition coefficient (Wildman–Crippen LogP) is 4.32. The molecule has 6 nitrogen and oxygen atoms in total. The third-order valence-corrected chi connectivity index (χ3v) is 6.05. The molecule has 1 fully saturated rings. The van der Waals surface area contributed by atoms with Crippen molar-refractivity contribution in [1.29, 1.82) is 0 Å². The molecular weight excluding hydrogens is 418 g/mol. The van der Waals surface area contributed by atoms with Crippen molar-refractivity contribution in [2.45, 2.75) is 25.4 Å². The first kappa shape index (κ1) is 19.9. The SMILES string of the molecule is O=C(Nc1cnsc1OC1CCCNCC1)c1csc(-c2c(F)cccc2F)n1. The third-order valence-electron chi connectivity index (χ3n) is 4.50. The van der Waals surface area contributed by atoms with Gasteiger partial charge in [0.05, 0.1) is 11.8 Å². The van der Waals surface area contributed by atoms with E-state index < -0.39 is 17.5 Å². The number of amides is 1. The van der Waals surface area contributed by atoms with Crippen LogP contribution in [0.15, 0.2) is 29.8 Å². The van der Waals surface area contributed by atoms with E-state index in [0.29, 0.717) is 10.8 Å². The van der Waals surface area contributed by atoms with Gasteiger partial charge in [0.2, 0.25) is 5.06 Å². The molecule has 2 N–H and O–H groups in total.